The van der Waals surface area contributed by atoms with Gasteiger partial charge in [-0.25, -0.2) is 4.98 Å². The Morgan fingerprint density at radius 3 is 3.00 bits per heavy atom. The van der Waals surface area contributed by atoms with E-state index in [-0.39, 0.29) is 24.1 Å². The fourth-order valence-electron chi connectivity index (χ4n) is 4.34. The number of nitrogens with zero attached hydrogens (tertiary/aromatic N) is 3. The summed E-state index contributed by atoms with van der Waals surface area (Å²) in [4.78, 5) is 42.6. The van der Waals surface area contributed by atoms with Gasteiger partial charge in [-0.15, -0.1) is 0 Å². The van der Waals surface area contributed by atoms with Crippen molar-refractivity contribution in [2.45, 2.75) is 45.1 Å². The molecule has 0 aliphatic carbocycles. The van der Waals surface area contributed by atoms with Crippen LogP contribution in [0.5, 0.6) is 0 Å². The minimum atomic E-state index is -0.597. The molecule has 29 heavy (non-hydrogen) atoms. The van der Waals surface area contributed by atoms with Gasteiger partial charge >= 0.3 is 0 Å². The van der Waals surface area contributed by atoms with Crippen LogP contribution < -0.4 is 16.0 Å². The second-order valence-electron chi connectivity index (χ2n) is 7.60. The molecule has 1 aromatic carbocycles. The number of piperidine rings is 1. The van der Waals surface area contributed by atoms with Gasteiger partial charge in [0.2, 0.25) is 17.8 Å². The first-order valence-electron chi connectivity index (χ1n) is 9.86. The molecule has 150 valence electrons. The minimum Gasteiger partial charge on any atom is -0.352 e. The van der Waals surface area contributed by atoms with Gasteiger partial charge in [0.1, 0.15) is 6.04 Å². The highest BCUT2D eigenvalue weighted by Gasteiger charge is 2.39. The zero-order chi connectivity index (χ0) is 20.0. The summed E-state index contributed by atoms with van der Waals surface area (Å²) in [6, 6.07) is 5.07. The fourth-order valence-corrected chi connectivity index (χ4v) is 4.34. The lowest BCUT2D eigenvalue weighted by molar-refractivity contribution is -0.136. The number of imide groups is 1. The van der Waals surface area contributed by atoms with E-state index in [0.717, 1.165) is 42.4 Å². The maximum atomic E-state index is 12.9. The summed E-state index contributed by atoms with van der Waals surface area (Å²) in [7, 11) is 0. The summed E-state index contributed by atoms with van der Waals surface area (Å²) < 4.78 is 2.17. The summed E-state index contributed by atoms with van der Waals surface area (Å²) in [5.41, 5.74) is 3.72. The van der Waals surface area contributed by atoms with Gasteiger partial charge in [-0.1, -0.05) is 12.1 Å². The molecule has 1 aromatic heterocycles. The number of nitrogens with one attached hydrogen (secondary N) is 3. The van der Waals surface area contributed by atoms with Gasteiger partial charge in [-0.2, -0.15) is 0 Å². The number of imidazole rings is 1. The molecule has 0 saturated carbocycles. The Labute approximate surface area is 167 Å². The van der Waals surface area contributed by atoms with Crippen molar-refractivity contribution in [3.8, 4) is 0 Å². The van der Waals surface area contributed by atoms with Crippen molar-refractivity contribution in [1.82, 2.24) is 25.1 Å². The lowest BCUT2D eigenvalue weighted by atomic mass is 10.0. The SMILES string of the molecule is O=C1CCC(N2Cc3c(CNc4ncc5n4CCNC5)cccc3C2=O)C(=O)N1. The van der Waals surface area contributed by atoms with E-state index in [1.54, 1.807) is 11.0 Å². The van der Waals surface area contributed by atoms with Gasteiger partial charge in [0, 0.05) is 44.7 Å². The molecular weight excluding hydrogens is 372 g/mol. The molecule has 0 radical (unpaired) electrons. The number of amides is 3. The molecule has 1 unspecified atom stereocenters. The molecule has 3 N–H and O–H groups in total. The first kappa shape index (κ1) is 17.9. The molecule has 2 aromatic rings. The predicted octanol–water partition coefficient (Wildman–Crippen LogP) is 0.359. The monoisotopic (exact) mass is 394 g/mol. The van der Waals surface area contributed by atoms with Gasteiger partial charge in [0.05, 0.1) is 11.9 Å². The highest BCUT2D eigenvalue weighted by molar-refractivity contribution is 6.05. The molecule has 5 rings (SSSR count). The van der Waals surface area contributed by atoms with Crippen LogP contribution in [0.4, 0.5) is 5.95 Å². The maximum absolute atomic E-state index is 12.9. The number of anilines is 1. The summed E-state index contributed by atoms with van der Waals surface area (Å²) in [6.45, 7) is 3.51. The molecule has 4 heterocycles. The van der Waals surface area contributed by atoms with Crippen molar-refractivity contribution in [3.63, 3.8) is 0 Å². The minimum absolute atomic E-state index is 0.152. The molecule has 9 nitrogen and oxygen atoms in total. The number of aromatic nitrogens is 2. The molecule has 3 amide bonds. The Hall–Kier alpha value is -3.20. The van der Waals surface area contributed by atoms with Crippen LogP contribution >= 0.6 is 0 Å². The number of fused-ring (bicyclic) bond motifs is 2. The quantitative estimate of drug-likeness (QED) is 0.646. The molecule has 3 aliphatic rings. The second-order valence-corrected chi connectivity index (χ2v) is 7.60. The molecule has 1 saturated heterocycles. The summed E-state index contributed by atoms with van der Waals surface area (Å²) in [5, 5.41) is 9.06. The van der Waals surface area contributed by atoms with Gasteiger partial charge in [-0.05, 0) is 23.6 Å². The van der Waals surface area contributed by atoms with Crippen molar-refractivity contribution < 1.29 is 14.4 Å². The Morgan fingerprint density at radius 2 is 2.14 bits per heavy atom. The molecule has 0 bridgehead atoms. The number of hydrogen-bond donors (Lipinski definition) is 3. The third-order valence-electron chi connectivity index (χ3n) is 5.87. The Balaban J connectivity index is 1.35. The fraction of sp³-hybridized carbons (Fsp3) is 0.400. The lowest BCUT2D eigenvalue weighted by Gasteiger charge is -2.29. The van der Waals surface area contributed by atoms with Crippen molar-refractivity contribution in [3.05, 3.63) is 46.8 Å². The molecule has 0 spiro atoms. The highest BCUT2D eigenvalue weighted by atomic mass is 16.2. The summed E-state index contributed by atoms with van der Waals surface area (Å²) >= 11 is 0. The number of hydrogen-bond acceptors (Lipinski definition) is 6. The van der Waals surface area contributed by atoms with Crippen molar-refractivity contribution in [2.24, 2.45) is 0 Å². The van der Waals surface area contributed by atoms with E-state index in [1.807, 2.05) is 18.3 Å². The van der Waals surface area contributed by atoms with Crippen LogP contribution in [0.25, 0.3) is 0 Å². The van der Waals surface area contributed by atoms with E-state index in [1.165, 1.54) is 0 Å². The van der Waals surface area contributed by atoms with E-state index < -0.39 is 6.04 Å². The zero-order valence-corrected chi connectivity index (χ0v) is 15.9. The van der Waals surface area contributed by atoms with E-state index in [9.17, 15) is 14.4 Å². The Bertz CT molecular complexity index is 1010. The van der Waals surface area contributed by atoms with Crippen LogP contribution in [-0.2, 0) is 35.8 Å². The largest absolute Gasteiger partial charge is 0.352 e. The normalized spacial score (nSPS) is 21.0. The number of rotatable bonds is 4. The average molecular weight is 394 g/mol. The first-order valence-corrected chi connectivity index (χ1v) is 9.86. The number of carbonyl (C=O) groups is 3. The summed E-state index contributed by atoms with van der Waals surface area (Å²) in [6.07, 6.45) is 2.50. The standard InChI is InChI=1S/C20H22N6O3/c27-17-5-4-16(18(28)24-17)26-11-15-12(2-1-3-14(15)19(26)29)8-22-20-23-10-13-9-21-6-7-25(13)20/h1-3,10,16,21H,4-9,11H2,(H,22,23)(H,24,27,28). The van der Waals surface area contributed by atoms with Gasteiger partial charge < -0.3 is 20.1 Å². The Kier molecular flexibility index (Phi) is 4.31. The number of benzene rings is 1. The van der Waals surface area contributed by atoms with Crippen LogP contribution in [0.3, 0.4) is 0 Å². The van der Waals surface area contributed by atoms with Crippen molar-refractivity contribution in [1.29, 1.82) is 0 Å². The third kappa shape index (κ3) is 3.07. The third-order valence-corrected chi connectivity index (χ3v) is 5.87. The smallest absolute Gasteiger partial charge is 0.255 e. The topological polar surface area (TPSA) is 108 Å². The van der Waals surface area contributed by atoms with Crippen LogP contribution in [0.2, 0.25) is 0 Å². The van der Waals surface area contributed by atoms with Crippen LogP contribution in [0, 0.1) is 0 Å². The summed E-state index contributed by atoms with van der Waals surface area (Å²) in [5.74, 6) is 0.00398. The predicted molar refractivity (Wildman–Crippen MR) is 104 cm³/mol. The van der Waals surface area contributed by atoms with E-state index in [2.05, 4.69) is 25.5 Å². The molecule has 3 aliphatic heterocycles. The highest BCUT2D eigenvalue weighted by Crippen LogP contribution is 2.30. The van der Waals surface area contributed by atoms with Gasteiger partial charge in [-0.3, -0.25) is 19.7 Å². The number of carbonyl (C=O) groups excluding carboxylic acids is 3. The van der Waals surface area contributed by atoms with E-state index >= 15 is 0 Å². The molecule has 1 fully saturated rings. The second kappa shape index (κ2) is 7.00. The van der Waals surface area contributed by atoms with Crippen molar-refractivity contribution >= 4 is 23.7 Å². The molecule has 9 heteroatoms. The zero-order valence-electron chi connectivity index (χ0n) is 15.9. The van der Waals surface area contributed by atoms with Crippen LogP contribution in [0.15, 0.2) is 24.4 Å². The van der Waals surface area contributed by atoms with Crippen LogP contribution in [-0.4, -0.2) is 44.8 Å². The van der Waals surface area contributed by atoms with Crippen LogP contribution in [0.1, 0.15) is 40.0 Å². The van der Waals surface area contributed by atoms with E-state index in [0.29, 0.717) is 25.1 Å². The maximum Gasteiger partial charge on any atom is 0.255 e. The van der Waals surface area contributed by atoms with Gasteiger partial charge in [0.25, 0.3) is 5.91 Å². The van der Waals surface area contributed by atoms with E-state index in [4.69, 9.17) is 0 Å². The van der Waals surface area contributed by atoms with Crippen molar-refractivity contribution in [2.75, 3.05) is 11.9 Å². The van der Waals surface area contributed by atoms with Gasteiger partial charge in [0.15, 0.2) is 0 Å². The molecule has 1 atom stereocenters. The Morgan fingerprint density at radius 1 is 1.24 bits per heavy atom. The molecular formula is C20H22N6O3. The lowest BCUT2D eigenvalue weighted by Crippen LogP contribution is -2.52. The first-order chi connectivity index (χ1) is 14.1. The average Bonchev–Trinajstić information content (AvgIpc) is 3.28.